The number of ether oxygens (including phenoxy) is 1. The fourth-order valence-corrected chi connectivity index (χ4v) is 4.92. The number of benzene rings is 2. The lowest BCUT2D eigenvalue weighted by Gasteiger charge is -2.43. The first-order valence-corrected chi connectivity index (χ1v) is 11.3. The van der Waals surface area contributed by atoms with Crippen molar-refractivity contribution < 1.29 is 14.3 Å². The van der Waals surface area contributed by atoms with E-state index in [4.69, 9.17) is 4.74 Å². The third-order valence-corrected chi connectivity index (χ3v) is 7.00. The monoisotopic (exact) mass is 420 g/mol. The highest BCUT2D eigenvalue weighted by Gasteiger charge is 2.41. The Kier molecular flexibility index (Phi) is 6.71. The van der Waals surface area contributed by atoms with E-state index in [-0.39, 0.29) is 24.6 Å². The standard InChI is InChI=1S/C26H32N2O3/c1-19-13-14-27(17-22-11-7-4-8-12-22)24(20(19)2)16-25(29)28-23(18-31-26(28)30)15-21-9-5-3-6-10-21/h3-12,19-20,23-24H,13-18H2,1-2H3/t19-,20+,23+,24+/m1/s1. The van der Waals surface area contributed by atoms with Gasteiger partial charge in [0.2, 0.25) is 5.91 Å². The second kappa shape index (κ2) is 9.65. The molecule has 2 amide bonds. The summed E-state index contributed by atoms with van der Waals surface area (Å²) in [7, 11) is 0. The topological polar surface area (TPSA) is 49.9 Å². The zero-order valence-electron chi connectivity index (χ0n) is 18.4. The second-order valence-electron chi connectivity index (χ2n) is 9.04. The van der Waals surface area contributed by atoms with Gasteiger partial charge in [-0.25, -0.2) is 9.69 Å². The van der Waals surface area contributed by atoms with E-state index in [0.717, 1.165) is 25.1 Å². The number of rotatable bonds is 6. The van der Waals surface area contributed by atoms with Gasteiger partial charge in [-0.1, -0.05) is 74.5 Å². The van der Waals surface area contributed by atoms with Gasteiger partial charge in [0.15, 0.2) is 0 Å². The molecule has 0 spiro atoms. The highest BCUT2D eigenvalue weighted by molar-refractivity contribution is 5.93. The predicted molar refractivity (Wildman–Crippen MR) is 120 cm³/mol. The molecule has 0 N–H and O–H groups in total. The molecule has 2 aliphatic rings. The first kappa shape index (κ1) is 21.6. The number of hydrogen-bond acceptors (Lipinski definition) is 4. The van der Waals surface area contributed by atoms with Crippen LogP contribution in [0.4, 0.5) is 4.79 Å². The first-order valence-electron chi connectivity index (χ1n) is 11.3. The Morgan fingerprint density at radius 3 is 2.32 bits per heavy atom. The van der Waals surface area contributed by atoms with Gasteiger partial charge in [0, 0.05) is 19.0 Å². The molecule has 4 rings (SSSR count). The van der Waals surface area contributed by atoms with Crippen molar-refractivity contribution in [3.05, 3.63) is 71.8 Å². The minimum Gasteiger partial charge on any atom is -0.447 e. The number of piperidine rings is 1. The highest BCUT2D eigenvalue weighted by Crippen LogP contribution is 2.32. The largest absolute Gasteiger partial charge is 0.447 e. The molecule has 0 saturated carbocycles. The molecule has 5 heteroatoms. The summed E-state index contributed by atoms with van der Waals surface area (Å²) < 4.78 is 5.28. The van der Waals surface area contributed by atoms with E-state index >= 15 is 0 Å². The van der Waals surface area contributed by atoms with Crippen LogP contribution in [0.3, 0.4) is 0 Å². The molecular weight excluding hydrogens is 388 g/mol. The summed E-state index contributed by atoms with van der Waals surface area (Å²) in [6, 6.07) is 20.3. The summed E-state index contributed by atoms with van der Waals surface area (Å²) in [4.78, 5) is 29.6. The van der Waals surface area contributed by atoms with Gasteiger partial charge >= 0.3 is 6.09 Å². The zero-order valence-corrected chi connectivity index (χ0v) is 18.4. The Hall–Kier alpha value is -2.66. The van der Waals surface area contributed by atoms with Gasteiger partial charge < -0.3 is 4.74 Å². The van der Waals surface area contributed by atoms with E-state index in [2.05, 4.69) is 43.0 Å². The number of hydrogen-bond donors (Lipinski definition) is 0. The Bertz CT molecular complexity index is 886. The molecule has 2 saturated heterocycles. The molecule has 2 fully saturated rings. The number of carbonyl (C=O) groups is 2. The van der Waals surface area contributed by atoms with Gasteiger partial charge in [-0.05, 0) is 42.3 Å². The van der Waals surface area contributed by atoms with Crippen LogP contribution in [0.2, 0.25) is 0 Å². The Balaban J connectivity index is 1.48. The Labute approximate surface area is 185 Å². The van der Waals surface area contributed by atoms with E-state index in [0.29, 0.717) is 24.7 Å². The van der Waals surface area contributed by atoms with E-state index in [9.17, 15) is 9.59 Å². The molecule has 2 aliphatic heterocycles. The molecule has 2 aromatic carbocycles. The van der Waals surface area contributed by atoms with E-state index in [1.165, 1.54) is 10.5 Å². The molecule has 0 bridgehead atoms. The summed E-state index contributed by atoms with van der Waals surface area (Å²) in [6.07, 6.45) is 1.60. The van der Waals surface area contributed by atoms with Crippen molar-refractivity contribution in [2.45, 2.75) is 51.7 Å². The third kappa shape index (κ3) is 4.99. The fourth-order valence-electron chi connectivity index (χ4n) is 4.92. The van der Waals surface area contributed by atoms with E-state index in [1.807, 2.05) is 36.4 Å². The first-order chi connectivity index (χ1) is 15.0. The molecule has 0 unspecified atom stereocenters. The number of likely N-dealkylation sites (tertiary alicyclic amines) is 1. The van der Waals surface area contributed by atoms with Crippen molar-refractivity contribution >= 4 is 12.0 Å². The molecule has 0 aliphatic carbocycles. The average molecular weight is 421 g/mol. The average Bonchev–Trinajstić information content (AvgIpc) is 3.14. The minimum atomic E-state index is -0.503. The fraction of sp³-hybridized carbons (Fsp3) is 0.462. The smallest absolute Gasteiger partial charge is 0.416 e. The van der Waals surface area contributed by atoms with Crippen LogP contribution in [0.15, 0.2) is 60.7 Å². The summed E-state index contributed by atoms with van der Waals surface area (Å²) in [5, 5.41) is 0. The molecule has 2 aromatic rings. The van der Waals surface area contributed by atoms with Crippen LogP contribution in [0.25, 0.3) is 0 Å². The molecule has 5 nitrogen and oxygen atoms in total. The van der Waals surface area contributed by atoms with Crippen LogP contribution in [-0.2, 0) is 22.5 Å². The molecule has 4 atom stereocenters. The maximum Gasteiger partial charge on any atom is 0.416 e. The lowest BCUT2D eigenvalue weighted by Crippen LogP contribution is -2.50. The van der Waals surface area contributed by atoms with Crippen molar-refractivity contribution in [2.24, 2.45) is 11.8 Å². The highest BCUT2D eigenvalue weighted by atomic mass is 16.6. The van der Waals surface area contributed by atoms with E-state index in [1.54, 1.807) is 0 Å². The van der Waals surface area contributed by atoms with Gasteiger partial charge in [0.05, 0.1) is 6.04 Å². The van der Waals surface area contributed by atoms with Crippen LogP contribution < -0.4 is 0 Å². The van der Waals surface area contributed by atoms with Crippen LogP contribution >= 0.6 is 0 Å². The van der Waals surface area contributed by atoms with Crippen LogP contribution in [-0.4, -0.2) is 47.0 Å². The molecule has 0 aromatic heterocycles. The van der Waals surface area contributed by atoms with Gasteiger partial charge in [0.25, 0.3) is 0 Å². The van der Waals surface area contributed by atoms with Crippen LogP contribution in [0.1, 0.15) is 37.8 Å². The van der Waals surface area contributed by atoms with Crippen molar-refractivity contribution in [2.75, 3.05) is 13.2 Å². The lowest BCUT2D eigenvalue weighted by atomic mass is 9.80. The zero-order chi connectivity index (χ0) is 21.8. The van der Waals surface area contributed by atoms with Crippen molar-refractivity contribution in [3.63, 3.8) is 0 Å². The summed E-state index contributed by atoms with van der Waals surface area (Å²) in [6.45, 7) is 6.57. The SMILES string of the molecule is C[C@H]1[C@H](C)CCN(Cc2ccccc2)[C@H]1CC(=O)N1C(=O)OC[C@@H]1Cc1ccccc1. The maximum atomic E-state index is 13.4. The van der Waals surface area contributed by atoms with Gasteiger partial charge in [-0.2, -0.15) is 0 Å². The number of carbonyl (C=O) groups excluding carboxylic acids is 2. The van der Waals surface area contributed by atoms with Gasteiger partial charge in [-0.15, -0.1) is 0 Å². The lowest BCUT2D eigenvalue weighted by molar-refractivity contribution is -0.131. The van der Waals surface area contributed by atoms with Crippen molar-refractivity contribution in [1.29, 1.82) is 0 Å². The Morgan fingerprint density at radius 2 is 1.65 bits per heavy atom. The quantitative estimate of drug-likeness (QED) is 0.690. The molecule has 0 radical (unpaired) electrons. The third-order valence-electron chi connectivity index (χ3n) is 7.00. The predicted octanol–water partition coefficient (Wildman–Crippen LogP) is 4.51. The summed E-state index contributed by atoms with van der Waals surface area (Å²) >= 11 is 0. The maximum absolute atomic E-state index is 13.4. The Morgan fingerprint density at radius 1 is 1.00 bits per heavy atom. The van der Waals surface area contributed by atoms with Crippen LogP contribution in [0, 0.1) is 11.8 Å². The normalized spacial score (nSPS) is 26.6. The van der Waals surface area contributed by atoms with Crippen LogP contribution in [0.5, 0.6) is 0 Å². The summed E-state index contributed by atoms with van der Waals surface area (Å²) in [5.74, 6) is 0.815. The molecule has 31 heavy (non-hydrogen) atoms. The minimum absolute atomic E-state index is 0.113. The second-order valence-corrected chi connectivity index (χ2v) is 9.04. The summed E-state index contributed by atoms with van der Waals surface area (Å²) in [5.41, 5.74) is 2.36. The van der Waals surface area contributed by atoms with Crippen molar-refractivity contribution in [3.8, 4) is 0 Å². The molecular formula is C26H32N2O3. The number of cyclic esters (lactones) is 1. The number of imide groups is 1. The van der Waals surface area contributed by atoms with Gasteiger partial charge in [0.1, 0.15) is 6.61 Å². The van der Waals surface area contributed by atoms with E-state index < -0.39 is 6.09 Å². The number of nitrogens with zero attached hydrogens (tertiary/aromatic N) is 2. The molecule has 164 valence electrons. The van der Waals surface area contributed by atoms with Crippen molar-refractivity contribution in [1.82, 2.24) is 9.80 Å². The molecule has 2 heterocycles. The van der Waals surface area contributed by atoms with Gasteiger partial charge in [-0.3, -0.25) is 9.69 Å². The number of amides is 2.